The quantitative estimate of drug-likeness (QED) is 0.466. The number of benzene rings is 2. The van der Waals surface area contributed by atoms with Crippen LogP contribution in [0.3, 0.4) is 0 Å². The summed E-state index contributed by atoms with van der Waals surface area (Å²) in [6, 6.07) is 13.1. The molecular formula is C18H17Cl2N5O. The summed E-state index contributed by atoms with van der Waals surface area (Å²) in [5.74, 6) is 0.616. The van der Waals surface area contributed by atoms with E-state index in [0.29, 0.717) is 29.0 Å². The van der Waals surface area contributed by atoms with Crippen molar-refractivity contribution in [3.05, 3.63) is 75.0 Å². The lowest BCUT2D eigenvalue weighted by atomic mass is 10.1. The molecule has 0 aliphatic rings. The van der Waals surface area contributed by atoms with Gasteiger partial charge in [-0.15, -0.1) is 10.2 Å². The van der Waals surface area contributed by atoms with E-state index in [9.17, 15) is 0 Å². The molecule has 1 aromatic heterocycles. The molecule has 8 heteroatoms. The average molecular weight is 390 g/mol. The van der Waals surface area contributed by atoms with Gasteiger partial charge in [0.15, 0.2) is 5.82 Å². The summed E-state index contributed by atoms with van der Waals surface area (Å²) in [5, 5.41) is 17.5. The first-order valence-electron chi connectivity index (χ1n) is 7.95. The second kappa shape index (κ2) is 8.29. The lowest BCUT2D eigenvalue weighted by molar-refractivity contribution is 0.130. The van der Waals surface area contributed by atoms with Gasteiger partial charge in [-0.2, -0.15) is 4.80 Å². The molecule has 3 rings (SSSR count). The van der Waals surface area contributed by atoms with E-state index in [4.69, 9.17) is 28.0 Å². The van der Waals surface area contributed by atoms with Crippen molar-refractivity contribution < 1.29 is 4.84 Å². The Morgan fingerprint density at radius 2 is 1.92 bits per heavy atom. The Kier molecular flexibility index (Phi) is 5.85. The summed E-state index contributed by atoms with van der Waals surface area (Å²) >= 11 is 12.2. The standard InChI is InChI=1S/C18H17Cl2N5O/c1-12(23-26-11-14-3-6-17(19)7-4-14)15-5-8-18(20)16(9-15)10-25-22-13(2)21-24-25/h3-9H,10-11H2,1-2H3. The van der Waals surface area contributed by atoms with Crippen molar-refractivity contribution in [2.24, 2.45) is 5.16 Å². The monoisotopic (exact) mass is 389 g/mol. The van der Waals surface area contributed by atoms with Crippen LogP contribution in [-0.4, -0.2) is 25.9 Å². The van der Waals surface area contributed by atoms with Gasteiger partial charge in [-0.3, -0.25) is 0 Å². The van der Waals surface area contributed by atoms with Gasteiger partial charge in [0.05, 0.1) is 12.3 Å². The van der Waals surface area contributed by atoms with Crippen LogP contribution < -0.4 is 0 Å². The molecule has 0 atom stereocenters. The molecule has 0 N–H and O–H groups in total. The molecule has 0 fully saturated rings. The SMILES string of the molecule is CC(=NOCc1ccc(Cl)cc1)c1ccc(Cl)c(Cn2nnc(C)n2)c1. The Hall–Kier alpha value is -2.44. The van der Waals surface area contributed by atoms with E-state index >= 15 is 0 Å². The fraction of sp³-hybridized carbons (Fsp3) is 0.222. The minimum Gasteiger partial charge on any atom is -0.391 e. The van der Waals surface area contributed by atoms with Crippen molar-refractivity contribution in [2.45, 2.75) is 27.0 Å². The number of nitrogens with zero attached hydrogens (tertiary/aromatic N) is 5. The highest BCUT2D eigenvalue weighted by atomic mass is 35.5. The molecule has 134 valence electrons. The predicted octanol–water partition coefficient (Wildman–Crippen LogP) is 4.28. The summed E-state index contributed by atoms with van der Waals surface area (Å²) < 4.78 is 0. The van der Waals surface area contributed by atoms with E-state index in [0.717, 1.165) is 22.4 Å². The molecule has 0 amide bonds. The fourth-order valence-corrected chi connectivity index (χ4v) is 2.60. The number of hydrogen-bond donors (Lipinski definition) is 0. The smallest absolute Gasteiger partial charge is 0.171 e. The molecule has 0 saturated heterocycles. The summed E-state index contributed by atoms with van der Waals surface area (Å²) in [7, 11) is 0. The Morgan fingerprint density at radius 3 is 2.62 bits per heavy atom. The van der Waals surface area contributed by atoms with Crippen LogP contribution in [0.2, 0.25) is 10.0 Å². The maximum atomic E-state index is 6.28. The van der Waals surface area contributed by atoms with Gasteiger partial charge in [-0.25, -0.2) is 0 Å². The van der Waals surface area contributed by atoms with Crippen LogP contribution in [-0.2, 0) is 18.0 Å². The van der Waals surface area contributed by atoms with Crippen LogP contribution in [0.25, 0.3) is 0 Å². The van der Waals surface area contributed by atoms with Gasteiger partial charge in [0.2, 0.25) is 0 Å². The Bertz CT molecular complexity index is 922. The van der Waals surface area contributed by atoms with Crippen LogP contribution >= 0.6 is 23.2 Å². The van der Waals surface area contributed by atoms with E-state index in [1.54, 1.807) is 6.92 Å². The van der Waals surface area contributed by atoms with Gasteiger partial charge in [-0.05, 0) is 60.0 Å². The third-order valence-corrected chi connectivity index (χ3v) is 4.29. The highest BCUT2D eigenvalue weighted by molar-refractivity contribution is 6.31. The summed E-state index contributed by atoms with van der Waals surface area (Å²) in [5.41, 5.74) is 3.54. The molecule has 0 saturated carbocycles. The number of halogens is 2. The second-order valence-corrected chi connectivity index (χ2v) is 6.59. The number of rotatable bonds is 6. The van der Waals surface area contributed by atoms with Crippen molar-refractivity contribution >= 4 is 28.9 Å². The van der Waals surface area contributed by atoms with Crippen LogP contribution in [0.1, 0.15) is 29.4 Å². The number of tetrazole rings is 1. The zero-order valence-electron chi connectivity index (χ0n) is 14.4. The number of aryl methyl sites for hydroxylation is 1. The maximum absolute atomic E-state index is 6.28. The van der Waals surface area contributed by atoms with Crippen LogP contribution in [0.5, 0.6) is 0 Å². The largest absolute Gasteiger partial charge is 0.391 e. The zero-order chi connectivity index (χ0) is 18.5. The zero-order valence-corrected chi connectivity index (χ0v) is 15.9. The highest BCUT2D eigenvalue weighted by Gasteiger charge is 2.08. The Labute approximate surface area is 161 Å². The van der Waals surface area contributed by atoms with E-state index in [1.165, 1.54) is 4.80 Å². The third-order valence-electron chi connectivity index (χ3n) is 3.67. The minimum absolute atomic E-state index is 0.372. The first-order chi connectivity index (χ1) is 12.5. The Balaban J connectivity index is 1.69. The topological polar surface area (TPSA) is 65.2 Å². The van der Waals surface area contributed by atoms with Gasteiger partial charge in [0, 0.05) is 10.0 Å². The van der Waals surface area contributed by atoms with Crippen LogP contribution in [0.15, 0.2) is 47.6 Å². The number of aromatic nitrogens is 4. The predicted molar refractivity (Wildman–Crippen MR) is 102 cm³/mol. The van der Waals surface area contributed by atoms with Crippen molar-refractivity contribution in [2.75, 3.05) is 0 Å². The van der Waals surface area contributed by atoms with Gasteiger partial charge in [0.25, 0.3) is 0 Å². The molecule has 0 radical (unpaired) electrons. The Morgan fingerprint density at radius 1 is 1.15 bits per heavy atom. The van der Waals surface area contributed by atoms with Crippen LogP contribution in [0, 0.1) is 6.92 Å². The fourth-order valence-electron chi connectivity index (χ4n) is 2.30. The van der Waals surface area contributed by atoms with Crippen molar-refractivity contribution in [1.82, 2.24) is 20.2 Å². The molecule has 2 aromatic carbocycles. The molecular weight excluding hydrogens is 373 g/mol. The summed E-state index contributed by atoms with van der Waals surface area (Å²) in [6.45, 7) is 4.48. The summed E-state index contributed by atoms with van der Waals surface area (Å²) in [6.07, 6.45) is 0. The molecule has 0 bridgehead atoms. The first-order valence-corrected chi connectivity index (χ1v) is 8.71. The molecule has 1 heterocycles. The van der Waals surface area contributed by atoms with Gasteiger partial charge in [-0.1, -0.05) is 46.6 Å². The third kappa shape index (κ3) is 4.80. The lowest BCUT2D eigenvalue weighted by Crippen LogP contribution is -2.06. The lowest BCUT2D eigenvalue weighted by Gasteiger charge is -2.07. The van der Waals surface area contributed by atoms with Gasteiger partial charge in [0.1, 0.15) is 6.61 Å². The van der Waals surface area contributed by atoms with E-state index < -0.39 is 0 Å². The van der Waals surface area contributed by atoms with Crippen molar-refractivity contribution in [1.29, 1.82) is 0 Å². The molecule has 0 spiro atoms. The number of hydrogen-bond acceptors (Lipinski definition) is 5. The molecule has 0 aliphatic carbocycles. The molecule has 0 unspecified atom stereocenters. The van der Waals surface area contributed by atoms with E-state index in [-0.39, 0.29) is 0 Å². The van der Waals surface area contributed by atoms with E-state index in [2.05, 4.69) is 20.6 Å². The summed E-state index contributed by atoms with van der Waals surface area (Å²) in [4.78, 5) is 6.94. The molecule has 3 aromatic rings. The molecule has 6 nitrogen and oxygen atoms in total. The first kappa shape index (κ1) is 18.4. The van der Waals surface area contributed by atoms with E-state index in [1.807, 2.05) is 49.4 Å². The second-order valence-electron chi connectivity index (χ2n) is 5.75. The van der Waals surface area contributed by atoms with Gasteiger partial charge < -0.3 is 4.84 Å². The number of oxime groups is 1. The highest BCUT2D eigenvalue weighted by Crippen LogP contribution is 2.19. The average Bonchev–Trinajstić information content (AvgIpc) is 3.03. The normalized spacial score (nSPS) is 11.6. The van der Waals surface area contributed by atoms with Gasteiger partial charge >= 0.3 is 0 Å². The molecule has 26 heavy (non-hydrogen) atoms. The van der Waals surface area contributed by atoms with Crippen molar-refractivity contribution in [3.8, 4) is 0 Å². The van der Waals surface area contributed by atoms with Crippen LogP contribution in [0.4, 0.5) is 0 Å². The molecule has 0 aliphatic heterocycles. The maximum Gasteiger partial charge on any atom is 0.171 e. The van der Waals surface area contributed by atoms with Crippen molar-refractivity contribution in [3.63, 3.8) is 0 Å². The minimum atomic E-state index is 0.372.